The summed E-state index contributed by atoms with van der Waals surface area (Å²) in [6.45, 7) is 3.86. The Morgan fingerprint density at radius 3 is 2.55 bits per heavy atom. The third-order valence-corrected chi connectivity index (χ3v) is 2.76. The number of carbonyl (C=O) groups is 2. The van der Waals surface area contributed by atoms with Crippen LogP contribution in [0.15, 0.2) is 18.2 Å². The fourth-order valence-electron chi connectivity index (χ4n) is 1.75. The normalized spacial score (nSPS) is 12.1. The second kappa shape index (κ2) is 6.88. The Hall–Kier alpha value is -2.11. The van der Waals surface area contributed by atoms with E-state index in [9.17, 15) is 14.0 Å². The van der Waals surface area contributed by atoms with Crippen molar-refractivity contribution < 1.29 is 18.7 Å². The Morgan fingerprint density at radius 1 is 1.40 bits per heavy atom. The van der Waals surface area contributed by atoms with Crippen LogP contribution < -0.4 is 11.1 Å². The van der Waals surface area contributed by atoms with Gasteiger partial charge in [-0.2, -0.15) is 0 Å². The molecule has 3 N–H and O–H groups in total. The summed E-state index contributed by atoms with van der Waals surface area (Å²) in [7, 11) is 1.26. The highest BCUT2D eigenvalue weighted by Crippen LogP contribution is 2.13. The lowest BCUT2D eigenvalue weighted by molar-refractivity contribution is -0.143. The van der Waals surface area contributed by atoms with Gasteiger partial charge in [0, 0.05) is 5.56 Å². The summed E-state index contributed by atoms with van der Waals surface area (Å²) in [5.74, 6) is -1.39. The molecule has 1 atom stereocenters. The molecule has 1 unspecified atom stereocenters. The molecule has 0 saturated carbocycles. The van der Waals surface area contributed by atoms with E-state index < -0.39 is 23.7 Å². The number of anilines is 1. The van der Waals surface area contributed by atoms with Crippen LogP contribution in [-0.2, 0) is 9.53 Å². The molecule has 1 aromatic rings. The first-order valence-electron chi connectivity index (χ1n) is 6.28. The molecule has 0 saturated heterocycles. The molecule has 0 aliphatic carbocycles. The van der Waals surface area contributed by atoms with E-state index in [1.165, 1.54) is 19.2 Å². The number of rotatable bonds is 5. The number of nitrogens with two attached hydrogens (primary N) is 1. The molecule has 5 nitrogen and oxygen atoms in total. The standard InChI is InChI=1S/C14H19FN2O3/c1-8(2)6-12(14(19)20-3)17-13(18)9-4-5-10(15)11(16)7-9/h4-5,7-8,12H,6,16H2,1-3H3,(H,17,18). The third-order valence-electron chi connectivity index (χ3n) is 2.76. The summed E-state index contributed by atoms with van der Waals surface area (Å²) < 4.78 is 17.7. The van der Waals surface area contributed by atoms with Gasteiger partial charge in [-0.3, -0.25) is 4.79 Å². The predicted octanol–water partition coefficient (Wildman–Crippen LogP) is 1.73. The number of nitrogens with one attached hydrogen (secondary N) is 1. The van der Waals surface area contributed by atoms with E-state index in [0.717, 1.165) is 6.07 Å². The Morgan fingerprint density at radius 2 is 2.05 bits per heavy atom. The van der Waals surface area contributed by atoms with Crippen molar-refractivity contribution in [2.45, 2.75) is 26.3 Å². The zero-order chi connectivity index (χ0) is 15.3. The smallest absolute Gasteiger partial charge is 0.328 e. The minimum atomic E-state index is -0.737. The quantitative estimate of drug-likeness (QED) is 0.636. The van der Waals surface area contributed by atoms with Gasteiger partial charge in [0.25, 0.3) is 5.91 Å². The molecule has 0 bridgehead atoms. The molecule has 110 valence electrons. The van der Waals surface area contributed by atoms with Gasteiger partial charge in [0.2, 0.25) is 0 Å². The molecule has 0 aliphatic heterocycles. The number of halogens is 1. The van der Waals surface area contributed by atoms with Crippen molar-refractivity contribution in [2.24, 2.45) is 5.92 Å². The third kappa shape index (κ3) is 4.22. The van der Waals surface area contributed by atoms with Crippen molar-refractivity contribution in [2.75, 3.05) is 12.8 Å². The van der Waals surface area contributed by atoms with Crippen LogP contribution in [0.3, 0.4) is 0 Å². The number of hydrogen-bond donors (Lipinski definition) is 2. The van der Waals surface area contributed by atoms with Gasteiger partial charge in [-0.1, -0.05) is 13.8 Å². The average Bonchev–Trinajstić information content (AvgIpc) is 2.39. The van der Waals surface area contributed by atoms with Crippen molar-refractivity contribution >= 4 is 17.6 Å². The number of benzene rings is 1. The summed E-state index contributed by atoms with van der Waals surface area (Å²) in [5.41, 5.74) is 5.49. The summed E-state index contributed by atoms with van der Waals surface area (Å²) >= 11 is 0. The molecule has 1 aromatic carbocycles. The van der Waals surface area contributed by atoms with Crippen LogP contribution in [0, 0.1) is 11.7 Å². The van der Waals surface area contributed by atoms with Crippen LogP contribution >= 0.6 is 0 Å². The van der Waals surface area contributed by atoms with Crippen LogP contribution in [0.1, 0.15) is 30.6 Å². The second-order valence-corrected chi connectivity index (χ2v) is 4.92. The van der Waals surface area contributed by atoms with E-state index in [0.29, 0.717) is 6.42 Å². The maximum Gasteiger partial charge on any atom is 0.328 e. The molecule has 0 aromatic heterocycles. The average molecular weight is 282 g/mol. The second-order valence-electron chi connectivity index (χ2n) is 4.92. The van der Waals surface area contributed by atoms with Crippen LogP contribution in [-0.4, -0.2) is 25.0 Å². The number of amides is 1. The zero-order valence-corrected chi connectivity index (χ0v) is 11.8. The topological polar surface area (TPSA) is 81.4 Å². The molecule has 1 amide bonds. The van der Waals surface area contributed by atoms with Gasteiger partial charge in [0.05, 0.1) is 12.8 Å². The number of carbonyl (C=O) groups excluding carboxylic acids is 2. The van der Waals surface area contributed by atoms with Gasteiger partial charge in [-0.15, -0.1) is 0 Å². The Balaban J connectivity index is 2.84. The summed E-state index contributed by atoms with van der Waals surface area (Å²) in [6.07, 6.45) is 0.453. The lowest BCUT2D eigenvalue weighted by Gasteiger charge is -2.18. The maximum absolute atomic E-state index is 13.0. The van der Waals surface area contributed by atoms with Crippen molar-refractivity contribution in [1.29, 1.82) is 0 Å². The number of nitrogen functional groups attached to an aromatic ring is 1. The molecular formula is C14H19FN2O3. The van der Waals surface area contributed by atoms with Crippen LogP contribution in [0.25, 0.3) is 0 Å². The fraction of sp³-hybridized carbons (Fsp3) is 0.429. The fourth-order valence-corrected chi connectivity index (χ4v) is 1.75. The van der Waals surface area contributed by atoms with Gasteiger partial charge in [-0.05, 0) is 30.5 Å². The summed E-state index contributed by atoms with van der Waals surface area (Å²) in [6, 6.07) is 2.91. The first kappa shape index (κ1) is 15.9. The Bertz CT molecular complexity index is 503. The van der Waals surface area contributed by atoms with Gasteiger partial charge in [0.1, 0.15) is 11.9 Å². The summed E-state index contributed by atoms with van der Waals surface area (Å²) in [4.78, 5) is 23.6. The van der Waals surface area contributed by atoms with Crippen LogP contribution in [0.4, 0.5) is 10.1 Å². The van der Waals surface area contributed by atoms with E-state index in [1.807, 2.05) is 13.8 Å². The number of methoxy groups -OCH3 is 1. The first-order chi connectivity index (χ1) is 9.35. The van der Waals surface area contributed by atoms with E-state index >= 15 is 0 Å². The molecule has 6 heteroatoms. The van der Waals surface area contributed by atoms with Gasteiger partial charge in [0.15, 0.2) is 0 Å². The molecule has 0 spiro atoms. The first-order valence-corrected chi connectivity index (χ1v) is 6.28. The van der Waals surface area contributed by atoms with E-state index in [4.69, 9.17) is 5.73 Å². The van der Waals surface area contributed by atoms with Crippen LogP contribution in [0.5, 0.6) is 0 Å². The van der Waals surface area contributed by atoms with E-state index in [2.05, 4.69) is 10.1 Å². The highest BCUT2D eigenvalue weighted by atomic mass is 19.1. The van der Waals surface area contributed by atoms with Crippen molar-refractivity contribution in [1.82, 2.24) is 5.32 Å². The predicted molar refractivity (Wildman–Crippen MR) is 73.5 cm³/mol. The molecule has 1 rings (SSSR count). The van der Waals surface area contributed by atoms with Crippen molar-refractivity contribution in [3.63, 3.8) is 0 Å². The molecule has 0 radical (unpaired) electrons. The largest absolute Gasteiger partial charge is 0.467 e. The van der Waals surface area contributed by atoms with Gasteiger partial charge in [-0.25, -0.2) is 9.18 Å². The molecule has 0 fully saturated rings. The lowest BCUT2D eigenvalue weighted by Crippen LogP contribution is -2.42. The minimum absolute atomic E-state index is 0.115. The lowest BCUT2D eigenvalue weighted by atomic mass is 10.0. The Kier molecular flexibility index (Phi) is 5.49. The number of hydrogen-bond acceptors (Lipinski definition) is 4. The van der Waals surface area contributed by atoms with Gasteiger partial charge >= 0.3 is 5.97 Å². The number of ether oxygens (including phenoxy) is 1. The highest BCUT2D eigenvalue weighted by molar-refractivity contribution is 5.97. The van der Waals surface area contributed by atoms with Crippen molar-refractivity contribution in [3.8, 4) is 0 Å². The molecule has 0 aliphatic rings. The van der Waals surface area contributed by atoms with E-state index in [-0.39, 0.29) is 17.2 Å². The zero-order valence-electron chi connectivity index (χ0n) is 11.8. The highest BCUT2D eigenvalue weighted by Gasteiger charge is 2.23. The number of esters is 1. The molecule has 0 heterocycles. The van der Waals surface area contributed by atoms with Crippen molar-refractivity contribution in [3.05, 3.63) is 29.6 Å². The van der Waals surface area contributed by atoms with Gasteiger partial charge < -0.3 is 15.8 Å². The molecular weight excluding hydrogens is 263 g/mol. The maximum atomic E-state index is 13.0. The Labute approximate surface area is 117 Å². The van der Waals surface area contributed by atoms with E-state index in [1.54, 1.807) is 0 Å². The summed E-state index contributed by atoms with van der Waals surface area (Å²) in [5, 5.41) is 2.57. The molecule has 20 heavy (non-hydrogen) atoms. The monoisotopic (exact) mass is 282 g/mol. The SMILES string of the molecule is COC(=O)C(CC(C)C)NC(=O)c1ccc(F)c(N)c1. The van der Waals surface area contributed by atoms with Crippen LogP contribution in [0.2, 0.25) is 0 Å². The minimum Gasteiger partial charge on any atom is -0.467 e.